The van der Waals surface area contributed by atoms with Gasteiger partial charge in [0.15, 0.2) is 6.23 Å². The molecule has 4 atom stereocenters. The van der Waals surface area contributed by atoms with Gasteiger partial charge in [0.2, 0.25) is 5.95 Å². The molecule has 22 heavy (non-hydrogen) atoms. The Balaban J connectivity index is 1.77. The quantitative estimate of drug-likeness (QED) is 0.827. The van der Waals surface area contributed by atoms with Crippen LogP contribution in [0.3, 0.4) is 0 Å². The number of aliphatic hydroxyl groups is 1. The summed E-state index contributed by atoms with van der Waals surface area (Å²) < 4.78 is 19.0. The summed E-state index contributed by atoms with van der Waals surface area (Å²) >= 11 is 0. The van der Waals surface area contributed by atoms with Gasteiger partial charge in [0.1, 0.15) is 23.5 Å². The highest BCUT2D eigenvalue weighted by atomic mass is 16.6. The van der Waals surface area contributed by atoms with Gasteiger partial charge in [0, 0.05) is 31.3 Å². The first-order valence-corrected chi connectivity index (χ1v) is 7.20. The first kappa shape index (κ1) is 13.9. The average molecular weight is 306 g/mol. The fourth-order valence-electron chi connectivity index (χ4n) is 3.39. The molecule has 0 saturated carbocycles. The molecular formula is C14H18N4O4. The monoisotopic (exact) mass is 306 g/mol. The highest BCUT2D eigenvalue weighted by molar-refractivity contribution is 5.76. The van der Waals surface area contributed by atoms with E-state index in [1.165, 1.54) is 0 Å². The van der Waals surface area contributed by atoms with Crippen molar-refractivity contribution in [2.45, 2.75) is 30.5 Å². The number of rotatable bonds is 3. The van der Waals surface area contributed by atoms with Gasteiger partial charge in [-0.2, -0.15) is 4.98 Å². The summed E-state index contributed by atoms with van der Waals surface area (Å²) in [6, 6.07) is 1.88. The van der Waals surface area contributed by atoms with E-state index in [4.69, 9.17) is 19.9 Å². The van der Waals surface area contributed by atoms with E-state index in [1.54, 1.807) is 13.3 Å². The van der Waals surface area contributed by atoms with Crippen LogP contribution in [0.4, 0.5) is 5.95 Å². The van der Waals surface area contributed by atoms with Gasteiger partial charge in [-0.1, -0.05) is 0 Å². The molecule has 3 N–H and O–H groups in total. The molecule has 2 fully saturated rings. The maximum Gasteiger partial charge on any atom is 0.221 e. The van der Waals surface area contributed by atoms with Crippen molar-refractivity contribution in [3.63, 3.8) is 0 Å². The molecule has 2 aromatic heterocycles. The van der Waals surface area contributed by atoms with Crippen LogP contribution >= 0.6 is 0 Å². The van der Waals surface area contributed by atoms with E-state index < -0.39 is 24.0 Å². The van der Waals surface area contributed by atoms with Gasteiger partial charge in [-0.25, -0.2) is 4.98 Å². The molecule has 0 aromatic carbocycles. The third kappa shape index (κ3) is 1.85. The van der Waals surface area contributed by atoms with Crippen LogP contribution in [0.5, 0.6) is 0 Å². The van der Waals surface area contributed by atoms with Crippen LogP contribution in [0.15, 0.2) is 18.5 Å². The summed E-state index contributed by atoms with van der Waals surface area (Å²) in [6.45, 7) is 0.846. The molecule has 2 aliphatic heterocycles. The molecule has 0 aliphatic carbocycles. The summed E-state index contributed by atoms with van der Waals surface area (Å²) in [5.41, 5.74) is 5.60. The van der Waals surface area contributed by atoms with Gasteiger partial charge in [-0.15, -0.1) is 0 Å². The zero-order chi connectivity index (χ0) is 15.3. The lowest BCUT2D eigenvalue weighted by Gasteiger charge is -2.34. The van der Waals surface area contributed by atoms with Crippen molar-refractivity contribution in [1.82, 2.24) is 14.5 Å². The number of anilines is 1. The van der Waals surface area contributed by atoms with Crippen molar-refractivity contribution in [3.05, 3.63) is 18.5 Å². The van der Waals surface area contributed by atoms with Crippen LogP contribution in [-0.4, -0.2) is 57.8 Å². The summed E-state index contributed by atoms with van der Waals surface area (Å²) in [6.07, 6.45) is 2.42. The number of nitrogens with zero attached hydrogens (tertiary/aromatic N) is 3. The number of nitrogens with two attached hydrogens (primary N) is 1. The largest absolute Gasteiger partial charge is 0.387 e. The Labute approximate surface area is 126 Å². The highest BCUT2D eigenvalue weighted by Gasteiger charge is 2.58. The lowest BCUT2D eigenvalue weighted by molar-refractivity contribution is -0.149. The van der Waals surface area contributed by atoms with Crippen LogP contribution in [0.25, 0.3) is 11.0 Å². The normalized spacial score (nSPS) is 34.4. The van der Waals surface area contributed by atoms with Crippen LogP contribution in [0, 0.1) is 0 Å². The van der Waals surface area contributed by atoms with Gasteiger partial charge in [-0.3, -0.25) is 0 Å². The van der Waals surface area contributed by atoms with E-state index in [9.17, 15) is 5.11 Å². The number of aliphatic hydroxyl groups excluding tert-OH is 1. The van der Waals surface area contributed by atoms with Crippen LogP contribution in [-0.2, 0) is 14.2 Å². The number of aromatic nitrogens is 3. The molecule has 2 aliphatic rings. The van der Waals surface area contributed by atoms with E-state index in [0.717, 1.165) is 5.39 Å². The maximum atomic E-state index is 10.6. The minimum atomic E-state index is -0.747. The second-order valence-electron chi connectivity index (χ2n) is 5.77. The molecule has 0 amide bonds. The van der Waals surface area contributed by atoms with E-state index in [0.29, 0.717) is 25.3 Å². The first-order valence-electron chi connectivity index (χ1n) is 7.20. The molecule has 8 heteroatoms. The number of methoxy groups -OCH3 is 1. The van der Waals surface area contributed by atoms with E-state index in [2.05, 4.69) is 9.97 Å². The lowest BCUT2D eigenvalue weighted by atomic mass is 9.90. The topological polar surface area (TPSA) is 105 Å². The van der Waals surface area contributed by atoms with Gasteiger partial charge in [0.25, 0.3) is 0 Å². The third-order valence-electron chi connectivity index (χ3n) is 4.46. The number of hydrogen-bond donors (Lipinski definition) is 2. The molecule has 4 rings (SSSR count). The molecule has 8 nitrogen and oxygen atoms in total. The lowest BCUT2D eigenvalue weighted by Crippen LogP contribution is -2.51. The Morgan fingerprint density at radius 1 is 1.59 bits per heavy atom. The zero-order valence-electron chi connectivity index (χ0n) is 12.2. The van der Waals surface area contributed by atoms with Crippen molar-refractivity contribution in [2.75, 3.05) is 26.1 Å². The number of nitrogen functional groups attached to an aromatic ring is 1. The first-order chi connectivity index (χ1) is 10.6. The average Bonchev–Trinajstić information content (AvgIpc) is 2.94. The maximum absolute atomic E-state index is 10.6. The van der Waals surface area contributed by atoms with Crippen LogP contribution in [0.1, 0.15) is 12.6 Å². The standard InChI is InChI=1S/C14H18N4O4/c1-20-7-14-3-5-21-9(10(14)19)12(22-14)18-4-2-8-6-16-13(15)17-11(8)18/h2,4,6,9-10,12,19H,3,5,7H2,1H3,(H2,15,16,17)/t9?,10?,12-,14-/m1/s1. The minimum Gasteiger partial charge on any atom is -0.387 e. The van der Waals surface area contributed by atoms with Crippen molar-refractivity contribution in [3.8, 4) is 0 Å². The van der Waals surface area contributed by atoms with E-state index in [1.807, 2.05) is 16.8 Å². The van der Waals surface area contributed by atoms with Crippen LogP contribution < -0.4 is 5.73 Å². The summed E-state index contributed by atoms with van der Waals surface area (Å²) in [4.78, 5) is 8.25. The Hall–Kier alpha value is -1.74. The van der Waals surface area contributed by atoms with Crippen LogP contribution in [0.2, 0.25) is 0 Å². The molecule has 2 saturated heterocycles. The smallest absolute Gasteiger partial charge is 0.221 e. The van der Waals surface area contributed by atoms with Gasteiger partial charge >= 0.3 is 0 Å². The zero-order valence-corrected chi connectivity index (χ0v) is 12.2. The van der Waals surface area contributed by atoms with Crippen molar-refractivity contribution in [1.29, 1.82) is 0 Å². The van der Waals surface area contributed by atoms with Crippen molar-refractivity contribution < 1.29 is 19.3 Å². The second kappa shape index (κ2) is 4.88. The third-order valence-corrected chi connectivity index (χ3v) is 4.46. The number of fused-ring (bicyclic) bond motifs is 3. The fourth-order valence-corrected chi connectivity index (χ4v) is 3.39. The highest BCUT2D eigenvalue weighted by Crippen LogP contribution is 2.45. The Morgan fingerprint density at radius 2 is 2.45 bits per heavy atom. The Bertz CT molecular complexity index is 701. The summed E-state index contributed by atoms with van der Waals surface area (Å²) in [7, 11) is 1.60. The van der Waals surface area contributed by atoms with Gasteiger partial charge in [0.05, 0.1) is 13.2 Å². The van der Waals surface area contributed by atoms with Crippen molar-refractivity contribution in [2.24, 2.45) is 0 Å². The SMILES string of the molecule is COC[C@]12CCOC(C1O)[C@H](n1ccc3cnc(N)nc31)O2. The number of ether oxygens (including phenoxy) is 3. The van der Waals surface area contributed by atoms with E-state index >= 15 is 0 Å². The van der Waals surface area contributed by atoms with Crippen molar-refractivity contribution >= 4 is 17.0 Å². The molecule has 2 aromatic rings. The second-order valence-corrected chi connectivity index (χ2v) is 5.77. The van der Waals surface area contributed by atoms with E-state index in [-0.39, 0.29) is 5.95 Å². The molecule has 2 unspecified atom stereocenters. The molecule has 4 heterocycles. The molecular weight excluding hydrogens is 288 g/mol. The summed E-state index contributed by atoms with van der Waals surface area (Å²) in [5.74, 6) is 0.196. The number of hydrogen-bond acceptors (Lipinski definition) is 7. The van der Waals surface area contributed by atoms with Gasteiger partial charge < -0.3 is 29.6 Å². The predicted octanol–water partition coefficient (Wildman–Crippen LogP) is 0.0773. The molecule has 2 bridgehead atoms. The predicted molar refractivity (Wildman–Crippen MR) is 77.0 cm³/mol. The molecule has 0 spiro atoms. The fraction of sp³-hybridized carbons (Fsp3) is 0.571. The Kier molecular flexibility index (Phi) is 3.08. The Morgan fingerprint density at radius 3 is 3.27 bits per heavy atom. The summed E-state index contributed by atoms with van der Waals surface area (Å²) in [5, 5.41) is 11.4. The molecule has 0 radical (unpaired) electrons. The molecule has 118 valence electrons. The van der Waals surface area contributed by atoms with Gasteiger partial charge in [-0.05, 0) is 6.07 Å². The minimum absolute atomic E-state index is 0.196.